The molecule has 12 nitrogen and oxygen atoms in total. The summed E-state index contributed by atoms with van der Waals surface area (Å²) in [6.07, 6.45) is 4.75. The molecule has 2 fully saturated rings. The Labute approximate surface area is 279 Å². The first kappa shape index (κ1) is 37.2. The second-order valence-electron chi connectivity index (χ2n) is 12.5. The molecule has 1 saturated carbocycles. The Morgan fingerprint density at radius 2 is 1.80 bits per heavy atom. The van der Waals surface area contributed by atoms with E-state index in [0.717, 1.165) is 19.3 Å². The molecule has 3 rings (SSSR count). The zero-order valence-corrected chi connectivity index (χ0v) is 29.2. The van der Waals surface area contributed by atoms with Crippen LogP contribution in [0.1, 0.15) is 65.7 Å². The largest absolute Gasteiger partial charge is 0.467 e. The van der Waals surface area contributed by atoms with E-state index < -0.39 is 63.3 Å². The first-order valence-electron chi connectivity index (χ1n) is 15.2. The molecule has 2 aliphatic rings. The SMILES string of the molecule is C=CCCCCC[C@H](NC(=O)OC(C)(C)C)C(=O)N1C[C@@H](OS(=O)(=O)c2ccc(Br)cc2)CC1C(=O)N[C@]1(C(=O)OC)C[C@H]1C=C. The number of likely N-dealkylation sites (tertiary alicyclic amines) is 1. The Morgan fingerprint density at radius 1 is 1.13 bits per heavy atom. The van der Waals surface area contributed by atoms with Gasteiger partial charge in [-0.2, -0.15) is 8.42 Å². The number of hydrogen-bond donors (Lipinski definition) is 2. The van der Waals surface area contributed by atoms with Crippen LogP contribution in [0.25, 0.3) is 0 Å². The number of hydrogen-bond acceptors (Lipinski definition) is 9. The van der Waals surface area contributed by atoms with Crippen molar-refractivity contribution in [3.63, 3.8) is 0 Å². The van der Waals surface area contributed by atoms with Crippen LogP contribution in [0.15, 0.2) is 58.9 Å². The van der Waals surface area contributed by atoms with Crippen molar-refractivity contribution >= 4 is 49.9 Å². The predicted octanol–water partition coefficient (Wildman–Crippen LogP) is 4.39. The van der Waals surface area contributed by atoms with Gasteiger partial charge in [-0.15, -0.1) is 13.2 Å². The van der Waals surface area contributed by atoms with E-state index in [0.29, 0.717) is 10.9 Å². The molecule has 1 heterocycles. The third kappa shape index (κ3) is 9.64. The molecule has 46 heavy (non-hydrogen) atoms. The van der Waals surface area contributed by atoms with E-state index in [-0.39, 0.29) is 36.6 Å². The molecular weight excluding hydrogens is 682 g/mol. The second-order valence-corrected chi connectivity index (χ2v) is 15.0. The number of allylic oxidation sites excluding steroid dienone is 1. The van der Waals surface area contributed by atoms with Crippen LogP contribution in [0.4, 0.5) is 4.79 Å². The number of rotatable bonds is 15. The van der Waals surface area contributed by atoms with Gasteiger partial charge in [0, 0.05) is 23.4 Å². The maximum absolute atomic E-state index is 14.1. The zero-order valence-electron chi connectivity index (χ0n) is 26.8. The Balaban J connectivity index is 1.90. The number of amides is 3. The van der Waals surface area contributed by atoms with Crippen molar-refractivity contribution in [3.8, 4) is 0 Å². The monoisotopic (exact) mass is 725 g/mol. The highest BCUT2D eigenvalue weighted by Gasteiger charge is 2.62. The number of methoxy groups -OCH3 is 1. The summed E-state index contributed by atoms with van der Waals surface area (Å²) >= 11 is 3.27. The van der Waals surface area contributed by atoms with Crippen LogP contribution < -0.4 is 10.6 Å². The summed E-state index contributed by atoms with van der Waals surface area (Å²) in [5, 5.41) is 5.38. The molecule has 1 aromatic carbocycles. The third-order valence-corrected chi connectivity index (χ3v) is 9.70. The molecule has 1 aromatic rings. The van der Waals surface area contributed by atoms with Gasteiger partial charge in [0.25, 0.3) is 10.1 Å². The Hall–Kier alpha value is -3.23. The summed E-state index contributed by atoms with van der Waals surface area (Å²) in [5.41, 5.74) is -2.17. The standard InChI is InChI=1S/C32H44BrN3O9S/c1-7-9-10-11-12-13-25(34-30(40)44-31(3,4)5)28(38)36-20-23(45-46(41,42)24-16-14-22(33)15-17-24)18-26(36)27(37)35-32(29(39)43-6)19-21(32)8-2/h7-8,14-17,21,23,25-26H,1-2,9-13,18-20H2,3-6H3,(H,34,40)(H,35,37)/t21-,23+,25+,26?,32-/m1/s1. The molecule has 1 saturated heterocycles. The molecule has 2 N–H and O–H groups in total. The Kier molecular flexibility index (Phi) is 12.6. The first-order valence-corrected chi connectivity index (χ1v) is 17.4. The first-order chi connectivity index (χ1) is 21.6. The number of nitrogens with zero attached hydrogens (tertiary/aromatic N) is 1. The zero-order chi connectivity index (χ0) is 34.3. The molecule has 0 bridgehead atoms. The maximum Gasteiger partial charge on any atom is 0.408 e. The van der Waals surface area contributed by atoms with Crippen molar-refractivity contribution in [3.05, 3.63) is 54.0 Å². The molecular formula is C32H44BrN3O9S. The fourth-order valence-corrected chi connectivity index (χ4v) is 6.75. The minimum absolute atomic E-state index is 0.0954. The molecule has 1 unspecified atom stereocenters. The van der Waals surface area contributed by atoms with Gasteiger partial charge in [0.05, 0.1) is 18.1 Å². The maximum atomic E-state index is 14.1. The van der Waals surface area contributed by atoms with Crippen LogP contribution >= 0.6 is 15.9 Å². The molecule has 14 heteroatoms. The van der Waals surface area contributed by atoms with Crippen LogP contribution in [0.5, 0.6) is 0 Å². The number of alkyl carbamates (subject to hydrolysis) is 1. The molecule has 0 radical (unpaired) electrons. The number of halogens is 1. The van der Waals surface area contributed by atoms with E-state index in [1.807, 2.05) is 0 Å². The summed E-state index contributed by atoms with van der Waals surface area (Å²) < 4.78 is 42.8. The Morgan fingerprint density at radius 3 is 2.37 bits per heavy atom. The topological polar surface area (TPSA) is 157 Å². The number of ether oxygens (including phenoxy) is 2. The van der Waals surface area contributed by atoms with Crippen LogP contribution in [0.2, 0.25) is 0 Å². The highest BCUT2D eigenvalue weighted by molar-refractivity contribution is 9.10. The lowest BCUT2D eigenvalue weighted by Crippen LogP contribution is -2.56. The van der Waals surface area contributed by atoms with Gasteiger partial charge in [-0.3, -0.25) is 13.8 Å². The number of carbonyl (C=O) groups excluding carboxylic acids is 4. The minimum Gasteiger partial charge on any atom is -0.467 e. The van der Waals surface area contributed by atoms with Crippen molar-refractivity contribution in [1.29, 1.82) is 0 Å². The van der Waals surface area contributed by atoms with Gasteiger partial charge in [0.1, 0.15) is 23.2 Å². The molecule has 0 spiro atoms. The summed E-state index contributed by atoms with van der Waals surface area (Å²) in [5.74, 6) is -2.32. The van der Waals surface area contributed by atoms with E-state index in [1.165, 1.54) is 24.1 Å². The highest BCUT2D eigenvalue weighted by atomic mass is 79.9. The van der Waals surface area contributed by atoms with Gasteiger partial charge in [-0.25, -0.2) is 9.59 Å². The lowest BCUT2D eigenvalue weighted by Gasteiger charge is -2.30. The summed E-state index contributed by atoms with van der Waals surface area (Å²) in [4.78, 5) is 54.5. The number of carbonyl (C=O) groups is 4. The molecule has 0 aromatic heterocycles. The van der Waals surface area contributed by atoms with Gasteiger partial charge in [0.15, 0.2) is 0 Å². The van der Waals surface area contributed by atoms with Crippen molar-refractivity contribution in [2.24, 2.45) is 5.92 Å². The van der Waals surface area contributed by atoms with Crippen LogP contribution in [0.3, 0.4) is 0 Å². The summed E-state index contributed by atoms with van der Waals surface area (Å²) in [6.45, 7) is 12.3. The van der Waals surface area contributed by atoms with E-state index in [9.17, 15) is 27.6 Å². The number of esters is 1. The van der Waals surface area contributed by atoms with Gasteiger partial charge < -0.3 is 25.0 Å². The second kappa shape index (κ2) is 15.6. The highest BCUT2D eigenvalue weighted by Crippen LogP contribution is 2.45. The molecule has 254 valence electrons. The summed E-state index contributed by atoms with van der Waals surface area (Å²) in [7, 11) is -3.06. The lowest BCUT2D eigenvalue weighted by atomic mass is 10.0. The average molecular weight is 727 g/mol. The third-order valence-electron chi connectivity index (χ3n) is 7.80. The molecule has 3 amide bonds. The van der Waals surface area contributed by atoms with E-state index >= 15 is 0 Å². The molecule has 1 aliphatic heterocycles. The normalized spacial score (nSPS) is 23.2. The van der Waals surface area contributed by atoms with Gasteiger partial charge in [-0.05, 0) is 70.7 Å². The van der Waals surface area contributed by atoms with E-state index in [2.05, 4.69) is 39.7 Å². The number of nitrogens with one attached hydrogen (secondary N) is 2. The van der Waals surface area contributed by atoms with Crippen molar-refractivity contribution < 1.29 is 41.3 Å². The fraction of sp³-hybridized carbons (Fsp3) is 0.562. The minimum atomic E-state index is -4.27. The Bertz CT molecular complexity index is 1410. The predicted molar refractivity (Wildman–Crippen MR) is 174 cm³/mol. The van der Waals surface area contributed by atoms with Gasteiger partial charge >= 0.3 is 12.1 Å². The van der Waals surface area contributed by atoms with Crippen LogP contribution in [0, 0.1) is 5.92 Å². The van der Waals surface area contributed by atoms with Crippen molar-refractivity contribution in [1.82, 2.24) is 15.5 Å². The number of benzene rings is 1. The van der Waals surface area contributed by atoms with Crippen LogP contribution in [-0.2, 0) is 38.2 Å². The van der Waals surface area contributed by atoms with Gasteiger partial charge in [-0.1, -0.05) is 40.9 Å². The van der Waals surface area contributed by atoms with E-state index in [1.54, 1.807) is 45.1 Å². The smallest absolute Gasteiger partial charge is 0.408 e. The average Bonchev–Trinajstić information content (AvgIpc) is 3.54. The number of unbranched alkanes of at least 4 members (excludes halogenated alkanes) is 3. The van der Waals surface area contributed by atoms with Crippen molar-refractivity contribution in [2.45, 2.75) is 99.9 Å². The van der Waals surface area contributed by atoms with Crippen molar-refractivity contribution in [2.75, 3.05) is 13.7 Å². The van der Waals surface area contributed by atoms with E-state index in [4.69, 9.17) is 13.7 Å². The van der Waals surface area contributed by atoms with Crippen LogP contribution in [-0.4, -0.2) is 80.2 Å². The molecule has 1 aliphatic carbocycles. The summed E-state index contributed by atoms with van der Waals surface area (Å²) in [6, 6.07) is 3.56. The lowest BCUT2D eigenvalue weighted by molar-refractivity contribution is -0.148. The van der Waals surface area contributed by atoms with Gasteiger partial charge in [0.2, 0.25) is 11.8 Å². The molecule has 5 atom stereocenters. The fourth-order valence-electron chi connectivity index (χ4n) is 5.40. The quantitative estimate of drug-likeness (QED) is 0.116.